The Labute approximate surface area is 271 Å². The number of carbonyl (C=O) groups excluding carboxylic acids is 4. The zero-order valence-corrected chi connectivity index (χ0v) is 26.3. The standard InChI is InChI=1S/C34H37ClF2N4O5/c1-3-29(42)33(15-26(33)20-11-12-20)39-31(44)28-14-24(46-32(45)40-17-21-7-5-10-27(35)25(21)19-40)18-41(28)30(43)16-38-23-9-6-8-22(13-23)34(36,37)4-2/h4-10,13,20,24,26,28,38H,2-3,11-12,14-19H2,1H3,(H,39,44). The highest BCUT2D eigenvalue weighted by molar-refractivity contribution is 6.31. The third kappa shape index (κ3) is 6.21. The van der Waals surface area contributed by atoms with E-state index < -0.39 is 41.5 Å². The van der Waals surface area contributed by atoms with Crippen LogP contribution in [0.25, 0.3) is 0 Å². The van der Waals surface area contributed by atoms with Gasteiger partial charge in [0.1, 0.15) is 17.7 Å². The maximum absolute atomic E-state index is 14.2. The number of nitrogens with one attached hydrogen (secondary N) is 2. The molecule has 2 aromatic rings. The molecule has 4 atom stereocenters. The van der Waals surface area contributed by atoms with Crippen LogP contribution < -0.4 is 10.6 Å². The van der Waals surface area contributed by atoms with Crippen LogP contribution in [0.4, 0.5) is 19.3 Å². The Kier molecular flexibility index (Phi) is 8.56. The van der Waals surface area contributed by atoms with Crippen molar-refractivity contribution in [1.82, 2.24) is 15.1 Å². The summed E-state index contributed by atoms with van der Waals surface area (Å²) in [7, 11) is 0. The largest absolute Gasteiger partial charge is 0.444 e. The number of allylic oxidation sites excluding steroid dienone is 1. The van der Waals surface area contributed by atoms with Crippen LogP contribution in [0.15, 0.2) is 55.1 Å². The Morgan fingerprint density at radius 3 is 2.61 bits per heavy atom. The molecule has 4 aliphatic rings. The highest BCUT2D eigenvalue weighted by Gasteiger charge is 2.65. The van der Waals surface area contributed by atoms with Crippen molar-refractivity contribution in [3.05, 3.63) is 76.8 Å². The second-order valence-corrected chi connectivity index (χ2v) is 13.1. The fourth-order valence-corrected chi connectivity index (χ4v) is 7.13. The van der Waals surface area contributed by atoms with Gasteiger partial charge in [0.15, 0.2) is 5.78 Å². The number of hydrogen-bond acceptors (Lipinski definition) is 6. The normalized spacial score (nSPS) is 25.1. The molecular weight excluding hydrogens is 618 g/mol. The first kappa shape index (κ1) is 32.0. The van der Waals surface area contributed by atoms with Crippen molar-refractivity contribution in [1.29, 1.82) is 0 Å². The molecule has 2 saturated carbocycles. The summed E-state index contributed by atoms with van der Waals surface area (Å²) in [5.74, 6) is -3.71. The van der Waals surface area contributed by atoms with Crippen molar-refractivity contribution in [3.8, 4) is 0 Å². The average molecular weight is 655 g/mol. The lowest BCUT2D eigenvalue weighted by molar-refractivity contribution is -0.138. The first-order valence-electron chi connectivity index (χ1n) is 15.7. The maximum atomic E-state index is 14.2. The van der Waals surface area contributed by atoms with E-state index >= 15 is 0 Å². The number of nitrogens with zero attached hydrogens (tertiary/aromatic N) is 2. The minimum atomic E-state index is -3.24. The van der Waals surface area contributed by atoms with E-state index in [0.29, 0.717) is 35.7 Å². The van der Waals surface area contributed by atoms with Gasteiger partial charge >= 0.3 is 6.09 Å². The van der Waals surface area contributed by atoms with Crippen LogP contribution in [0.2, 0.25) is 5.02 Å². The molecule has 2 heterocycles. The van der Waals surface area contributed by atoms with Crippen LogP contribution >= 0.6 is 11.6 Å². The maximum Gasteiger partial charge on any atom is 0.410 e. The predicted molar refractivity (Wildman–Crippen MR) is 167 cm³/mol. The molecule has 0 radical (unpaired) electrons. The highest BCUT2D eigenvalue weighted by Crippen LogP contribution is 2.58. The first-order valence-corrected chi connectivity index (χ1v) is 16.1. The van der Waals surface area contributed by atoms with Gasteiger partial charge in [-0.1, -0.05) is 49.4 Å². The molecule has 3 amide bonds. The first-order chi connectivity index (χ1) is 22.0. The molecule has 0 bridgehead atoms. The van der Waals surface area contributed by atoms with E-state index in [4.69, 9.17) is 16.3 Å². The number of fused-ring (bicyclic) bond motifs is 1. The number of rotatable bonds is 11. The number of hydrogen-bond donors (Lipinski definition) is 2. The van der Waals surface area contributed by atoms with Crippen LogP contribution in [0.3, 0.4) is 0 Å². The molecule has 2 N–H and O–H groups in total. The van der Waals surface area contributed by atoms with E-state index in [-0.39, 0.29) is 49.7 Å². The molecule has 2 aromatic carbocycles. The van der Waals surface area contributed by atoms with Gasteiger partial charge in [-0.25, -0.2) is 4.79 Å². The smallest absolute Gasteiger partial charge is 0.410 e. The van der Waals surface area contributed by atoms with E-state index in [0.717, 1.165) is 24.0 Å². The van der Waals surface area contributed by atoms with E-state index in [9.17, 15) is 28.0 Å². The Morgan fingerprint density at radius 2 is 1.91 bits per heavy atom. The summed E-state index contributed by atoms with van der Waals surface area (Å²) < 4.78 is 34.2. The molecule has 2 aliphatic heterocycles. The van der Waals surface area contributed by atoms with E-state index in [2.05, 4.69) is 17.2 Å². The zero-order valence-electron chi connectivity index (χ0n) is 25.6. The molecule has 244 valence electrons. The van der Waals surface area contributed by atoms with Crippen molar-refractivity contribution in [2.45, 2.75) is 75.7 Å². The summed E-state index contributed by atoms with van der Waals surface area (Å²) in [6.07, 6.45) is 2.16. The number of anilines is 1. The van der Waals surface area contributed by atoms with Gasteiger partial charge in [-0.3, -0.25) is 19.3 Å². The number of Topliss-reactive ketones (excluding diaryl/α,β-unsaturated/α-hetero) is 1. The van der Waals surface area contributed by atoms with Crippen LogP contribution in [0, 0.1) is 11.8 Å². The molecule has 0 spiro atoms. The summed E-state index contributed by atoms with van der Waals surface area (Å²) in [4.78, 5) is 56.5. The third-order valence-corrected chi connectivity index (χ3v) is 10.0. The average Bonchev–Trinajstić information content (AvgIpc) is 3.92. The minimum Gasteiger partial charge on any atom is -0.444 e. The summed E-state index contributed by atoms with van der Waals surface area (Å²) in [6, 6.07) is 9.99. The van der Waals surface area contributed by atoms with Crippen LogP contribution in [-0.4, -0.2) is 64.3 Å². The van der Waals surface area contributed by atoms with Crippen LogP contribution in [0.5, 0.6) is 0 Å². The molecule has 6 rings (SSSR count). The topological polar surface area (TPSA) is 108 Å². The van der Waals surface area contributed by atoms with Gasteiger partial charge in [-0.2, -0.15) is 8.78 Å². The molecule has 4 unspecified atom stereocenters. The summed E-state index contributed by atoms with van der Waals surface area (Å²) in [5, 5.41) is 6.45. The van der Waals surface area contributed by atoms with E-state index in [1.54, 1.807) is 19.1 Å². The summed E-state index contributed by atoms with van der Waals surface area (Å²) >= 11 is 6.32. The van der Waals surface area contributed by atoms with Crippen molar-refractivity contribution < 1.29 is 32.7 Å². The van der Waals surface area contributed by atoms with Crippen LogP contribution in [-0.2, 0) is 38.1 Å². The lowest BCUT2D eigenvalue weighted by atomic mass is 10.0. The number of benzene rings is 2. The molecule has 2 aliphatic carbocycles. The molecule has 3 fully saturated rings. The van der Waals surface area contributed by atoms with Crippen molar-refractivity contribution >= 4 is 41.0 Å². The van der Waals surface area contributed by atoms with Gasteiger partial charge in [-0.05, 0) is 66.5 Å². The fourth-order valence-electron chi connectivity index (χ4n) is 6.88. The number of halogens is 3. The molecule has 1 saturated heterocycles. The van der Waals surface area contributed by atoms with E-state index in [1.165, 1.54) is 28.0 Å². The van der Waals surface area contributed by atoms with Gasteiger partial charge < -0.3 is 20.3 Å². The quantitative estimate of drug-likeness (QED) is 0.314. The van der Waals surface area contributed by atoms with Gasteiger partial charge in [0, 0.05) is 35.7 Å². The van der Waals surface area contributed by atoms with Gasteiger partial charge in [-0.15, -0.1) is 0 Å². The Hall–Kier alpha value is -3.99. The van der Waals surface area contributed by atoms with E-state index in [1.807, 2.05) is 12.1 Å². The second-order valence-electron chi connectivity index (χ2n) is 12.7. The fraction of sp³-hybridized carbons (Fsp3) is 0.471. The lowest BCUT2D eigenvalue weighted by Gasteiger charge is -2.27. The summed E-state index contributed by atoms with van der Waals surface area (Å²) in [5.41, 5.74) is 0.859. The number of carbonyl (C=O) groups is 4. The molecule has 46 heavy (non-hydrogen) atoms. The van der Waals surface area contributed by atoms with Gasteiger partial charge in [0.25, 0.3) is 5.92 Å². The van der Waals surface area contributed by atoms with Crippen LogP contribution in [0.1, 0.15) is 55.7 Å². The third-order valence-electron chi connectivity index (χ3n) is 9.66. The lowest BCUT2D eigenvalue weighted by Crippen LogP contribution is -2.53. The SMILES string of the molecule is C=CC(F)(F)c1cccc(NCC(=O)N2CC(OC(=O)N3Cc4cccc(Cl)c4C3)CC2C(=O)NC2(C(=O)CC)CC2C2CC2)c1. The van der Waals surface area contributed by atoms with Crippen molar-refractivity contribution in [2.24, 2.45) is 11.8 Å². The number of ketones is 1. The van der Waals surface area contributed by atoms with Gasteiger partial charge in [0.2, 0.25) is 11.8 Å². The Morgan fingerprint density at radius 1 is 1.15 bits per heavy atom. The number of alkyl halides is 2. The Balaban J connectivity index is 1.16. The highest BCUT2D eigenvalue weighted by atomic mass is 35.5. The molecule has 12 heteroatoms. The zero-order chi connectivity index (χ0) is 32.8. The number of likely N-dealkylation sites (tertiary alicyclic amines) is 1. The molecule has 0 aromatic heterocycles. The monoisotopic (exact) mass is 654 g/mol. The molecular formula is C34H37ClF2N4O5. The van der Waals surface area contributed by atoms with Crippen molar-refractivity contribution in [3.63, 3.8) is 0 Å². The number of amides is 3. The Bertz CT molecular complexity index is 1580. The van der Waals surface area contributed by atoms with Gasteiger partial charge in [0.05, 0.1) is 19.6 Å². The number of ether oxygens (including phenoxy) is 1. The predicted octanol–water partition coefficient (Wildman–Crippen LogP) is 5.42. The minimum absolute atomic E-state index is 0.0262. The second kappa shape index (κ2) is 12.3. The molecule has 9 nitrogen and oxygen atoms in total. The summed E-state index contributed by atoms with van der Waals surface area (Å²) in [6.45, 7) is 5.23. The van der Waals surface area contributed by atoms with Crippen molar-refractivity contribution in [2.75, 3.05) is 18.4 Å².